The molecule has 20 heavy (non-hydrogen) atoms. The van der Waals surface area contributed by atoms with E-state index in [1.165, 1.54) is 0 Å². The number of aromatic nitrogens is 1. The van der Waals surface area contributed by atoms with Gasteiger partial charge >= 0.3 is 0 Å². The van der Waals surface area contributed by atoms with Crippen LogP contribution in [0.25, 0.3) is 11.3 Å². The summed E-state index contributed by atoms with van der Waals surface area (Å²) < 4.78 is 5.69. The van der Waals surface area contributed by atoms with Crippen molar-refractivity contribution < 1.29 is 9.21 Å². The molecule has 4 nitrogen and oxygen atoms in total. The third-order valence-electron chi connectivity index (χ3n) is 3.65. The van der Waals surface area contributed by atoms with Crippen molar-refractivity contribution in [2.45, 2.75) is 31.7 Å². The second-order valence-corrected chi connectivity index (χ2v) is 5.22. The number of amides is 1. The summed E-state index contributed by atoms with van der Waals surface area (Å²) in [5.41, 5.74) is 1.01. The number of carbonyl (C=O) groups excluding carboxylic acids is 1. The molecule has 1 amide bonds. The maximum absolute atomic E-state index is 11.9. The van der Waals surface area contributed by atoms with Gasteiger partial charge in [0.2, 0.25) is 5.91 Å². The van der Waals surface area contributed by atoms with E-state index in [-0.39, 0.29) is 5.91 Å². The Morgan fingerprint density at radius 1 is 1.35 bits per heavy atom. The van der Waals surface area contributed by atoms with E-state index in [0.29, 0.717) is 24.8 Å². The largest absolute Gasteiger partial charge is 0.441 e. The molecule has 1 aliphatic rings. The van der Waals surface area contributed by atoms with Crippen molar-refractivity contribution in [1.82, 2.24) is 9.88 Å². The number of oxazole rings is 1. The molecule has 1 saturated carbocycles. The first-order chi connectivity index (χ1) is 9.74. The lowest BCUT2D eigenvalue weighted by Crippen LogP contribution is -2.28. The van der Waals surface area contributed by atoms with Gasteiger partial charge in [-0.05, 0) is 12.8 Å². The van der Waals surface area contributed by atoms with Gasteiger partial charge < -0.3 is 9.32 Å². The molecule has 1 fully saturated rings. The molecule has 2 aromatic rings. The summed E-state index contributed by atoms with van der Waals surface area (Å²) in [4.78, 5) is 18.0. The third kappa shape index (κ3) is 2.90. The van der Waals surface area contributed by atoms with Crippen LogP contribution in [0.15, 0.2) is 40.9 Å². The van der Waals surface area contributed by atoms with Crippen LogP contribution in [0, 0.1) is 0 Å². The summed E-state index contributed by atoms with van der Waals surface area (Å²) in [6.07, 6.45) is 5.02. The van der Waals surface area contributed by atoms with Crippen molar-refractivity contribution in [2.75, 3.05) is 7.05 Å². The van der Waals surface area contributed by atoms with Crippen LogP contribution in [0.1, 0.15) is 25.2 Å². The van der Waals surface area contributed by atoms with Crippen molar-refractivity contribution >= 4 is 5.91 Å². The summed E-state index contributed by atoms with van der Waals surface area (Å²) in [7, 11) is 1.88. The van der Waals surface area contributed by atoms with Crippen LogP contribution in [-0.4, -0.2) is 28.9 Å². The van der Waals surface area contributed by atoms with Gasteiger partial charge in [-0.25, -0.2) is 4.98 Å². The summed E-state index contributed by atoms with van der Waals surface area (Å²) in [6, 6.07) is 10.3. The monoisotopic (exact) mass is 270 g/mol. The first-order valence-corrected chi connectivity index (χ1v) is 7.00. The van der Waals surface area contributed by atoms with E-state index in [2.05, 4.69) is 4.98 Å². The van der Waals surface area contributed by atoms with Crippen LogP contribution in [0.3, 0.4) is 0 Å². The third-order valence-corrected chi connectivity index (χ3v) is 3.65. The number of rotatable bonds is 5. The Balaban J connectivity index is 1.59. The minimum absolute atomic E-state index is 0.173. The molecule has 4 heteroatoms. The molecule has 1 aromatic carbocycles. The molecule has 1 aromatic heterocycles. The first-order valence-electron chi connectivity index (χ1n) is 7.00. The van der Waals surface area contributed by atoms with Crippen LogP contribution in [0.4, 0.5) is 0 Å². The SMILES string of the molecule is CN(C(=O)CCc1ncc(-c2ccccc2)o1)C1CC1. The molecule has 3 rings (SSSR count). The van der Waals surface area contributed by atoms with Gasteiger partial charge in [-0.1, -0.05) is 30.3 Å². The fraction of sp³-hybridized carbons (Fsp3) is 0.375. The van der Waals surface area contributed by atoms with Crippen molar-refractivity contribution in [3.05, 3.63) is 42.4 Å². The zero-order valence-electron chi connectivity index (χ0n) is 11.6. The summed E-state index contributed by atoms with van der Waals surface area (Å²) in [5, 5.41) is 0. The lowest BCUT2D eigenvalue weighted by Gasteiger charge is -2.15. The van der Waals surface area contributed by atoms with Crippen molar-refractivity contribution in [2.24, 2.45) is 0 Å². The molecule has 0 bridgehead atoms. The Bertz CT molecular complexity index is 588. The highest BCUT2D eigenvalue weighted by molar-refractivity contribution is 5.76. The maximum Gasteiger partial charge on any atom is 0.223 e. The van der Waals surface area contributed by atoms with Gasteiger partial charge in [0.15, 0.2) is 11.7 Å². The van der Waals surface area contributed by atoms with Gasteiger partial charge in [0, 0.05) is 31.5 Å². The highest BCUT2D eigenvalue weighted by Crippen LogP contribution is 2.26. The zero-order valence-corrected chi connectivity index (χ0v) is 11.6. The molecule has 0 radical (unpaired) electrons. The van der Waals surface area contributed by atoms with Gasteiger partial charge in [0.1, 0.15) is 0 Å². The lowest BCUT2D eigenvalue weighted by atomic mass is 10.2. The predicted octanol–water partition coefficient (Wildman–Crippen LogP) is 2.90. The second kappa shape index (κ2) is 5.49. The van der Waals surface area contributed by atoms with Gasteiger partial charge in [-0.3, -0.25) is 4.79 Å². The molecule has 0 aliphatic heterocycles. The van der Waals surface area contributed by atoms with Crippen molar-refractivity contribution in [1.29, 1.82) is 0 Å². The Morgan fingerprint density at radius 3 is 2.80 bits per heavy atom. The topological polar surface area (TPSA) is 46.3 Å². The zero-order chi connectivity index (χ0) is 13.9. The number of hydrogen-bond acceptors (Lipinski definition) is 3. The standard InChI is InChI=1S/C16H18N2O2/c1-18(13-7-8-13)16(19)10-9-15-17-11-14(20-15)12-5-3-2-4-6-12/h2-6,11,13H,7-10H2,1H3. The van der Waals surface area contributed by atoms with E-state index in [9.17, 15) is 4.79 Å². The van der Waals surface area contributed by atoms with Gasteiger partial charge in [-0.2, -0.15) is 0 Å². The average Bonchev–Trinajstić information content (AvgIpc) is 3.23. The van der Waals surface area contributed by atoms with Crippen molar-refractivity contribution in [3.63, 3.8) is 0 Å². The van der Waals surface area contributed by atoms with Crippen LogP contribution >= 0.6 is 0 Å². The molecular weight excluding hydrogens is 252 g/mol. The van der Waals surface area contributed by atoms with Crippen LogP contribution in [0.2, 0.25) is 0 Å². The van der Waals surface area contributed by atoms with E-state index >= 15 is 0 Å². The highest BCUT2D eigenvalue weighted by atomic mass is 16.4. The van der Waals surface area contributed by atoms with Crippen LogP contribution < -0.4 is 0 Å². The summed E-state index contributed by atoms with van der Waals surface area (Å²) in [6.45, 7) is 0. The molecule has 1 heterocycles. The van der Waals surface area contributed by atoms with E-state index in [4.69, 9.17) is 4.42 Å². The minimum Gasteiger partial charge on any atom is -0.441 e. The molecule has 0 N–H and O–H groups in total. The van der Waals surface area contributed by atoms with E-state index in [0.717, 1.165) is 24.2 Å². The number of carbonyl (C=O) groups is 1. The molecule has 104 valence electrons. The quantitative estimate of drug-likeness (QED) is 0.839. The predicted molar refractivity (Wildman–Crippen MR) is 76.1 cm³/mol. The second-order valence-electron chi connectivity index (χ2n) is 5.22. The Morgan fingerprint density at radius 2 is 2.10 bits per heavy atom. The fourth-order valence-electron chi connectivity index (χ4n) is 2.22. The van der Waals surface area contributed by atoms with Crippen LogP contribution in [0.5, 0.6) is 0 Å². The van der Waals surface area contributed by atoms with Gasteiger partial charge in [-0.15, -0.1) is 0 Å². The minimum atomic E-state index is 0.173. The van der Waals surface area contributed by atoms with E-state index in [1.54, 1.807) is 6.20 Å². The Labute approximate surface area is 118 Å². The molecule has 1 aliphatic carbocycles. The van der Waals surface area contributed by atoms with Crippen LogP contribution in [-0.2, 0) is 11.2 Å². The van der Waals surface area contributed by atoms with E-state index < -0.39 is 0 Å². The highest BCUT2D eigenvalue weighted by Gasteiger charge is 2.29. The number of nitrogens with zero attached hydrogens (tertiary/aromatic N) is 2. The normalized spacial score (nSPS) is 14.2. The first kappa shape index (κ1) is 12.9. The molecule has 0 atom stereocenters. The number of benzene rings is 1. The van der Waals surface area contributed by atoms with E-state index in [1.807, 2.05) is 42.3 Å². The summed E-state index contributed by atoms with van der Waals surface area (Å²) in [5.74, 6) is 1.55. The molecule has 0 spiro atoms. The average molecular weight is 270 g/mol. The number of hydrogen-bond donors (Lipinski definition) is 0. The van der Waals surface area contributed by atoms with Gasteiger partial charge in [0.05, 0.1) is 6.20 Å². The maximum atomic E-state index is 11.9. The molecular formula is C16H18N2O2. The molecule has 0 unspecified atom stereocenters. The Kier molecular flexibility index (Phi) is 3.54. The lowest BCUT2D eigenvalue weighted by molar-refractivity contribution is -0.130. The summed E-state index contributed by atoms with van der Waals surface area (Å²) >= 11 is 0. The van der Waals surface area contributed by atoms with Crippen molar-refractivity contribution in [3.8, 4) is 11.3 Å². The molecule has 0 saturated heterocycles. The number of aryl methyl sites for hydroxylation is 1. The fourth-order valence-corrected chi connectivity index (χ4v) is 2.22. The van der Waals surface area contributed by atoms with Gasteiger partial charge in [0.25, 0.3) is 0 Å². The Hall–Kier alpha value is -2.10. The smallest absolute Gasteiger partial charge is 0.223 e.